The van der Waals surface area contributed by atoms with E-state index >= 15 is 0 Å². The highest BCUT2D eigenvalue weighted by molar-refractivity contribution is 14.0. The van der Waals surface area contributed by atoms with Crippen molar-refractivity contribution in [2.45, 2.75) is 40.8 Å². The zero-order valence-corrected chi connectivity index (χ0v) is 21.3. The van der Waals surface area contributed by atoms with Gasteiger partial charge in [0.15, 0.2) is 5.96 Å². The van der Waals surface area contributed by atoms with Crippen LogP contribution in [-0.4, -0.2) is 49.1 Å². The second-order valence-corrected chi connectivity index (χ2v) is 7.84. The fourth-order valence-electron chi connectivity index (χ4n) is 2.72. The van der Waals surface area contributed by atoms with E-state index in [1.807, 2.05) is 19.1 Å². The monoisotopic (exact) mass is 531 g/mol. The molecule has 1 heterocycles. The Morgan fingerprint density at radius 3 is 2.31 bits per heavy atom. The Labute approximate surface area is 196 Å². The number of benzene rings is 1. The molecule has 0 fully saturated rings. The summed E-state index contributed by atoms with van der Waals surface area (Å²) in [6.07, 6.45) is 0. The van der Waals surface area contributed by atoms with Crippen LogP contribution in [0.25, 0.3) is 0 Å². The molecule has 0 aliphatic rings. The molecular formula is C21H34IN5OS. The van der Waals surface area contributed by atoms with Crippen LogP contribution in [0.2, 0.25) is 0 Å². The average Bonchev–Trinajstić information content (AvgIpc) is 3.04. The van der Waals surface area contributed by atoms with Crippen molar-refractivity contribution in [3.05, 3.63) is 45.4 Å². The molecule has 2 N–H and O–H groups in total. The van der Waals surface area contributed by atoms with Gasteiger partial charge >= 0.3 is 0 Å². The largest absolute Gasteiger partial charge is 0.492 e. The topological polar surface area (TPSA) is 61.8 Å². The van der Waals surface area contributed by atoms with E-state index in [0.717, 1.165) is 42.0 Å². The van der Waals surface area contributed by atoms with Crippen molar-refractivity contribution in [2.75, 3.05) is 33.3 Å². The summed E-state index contributed by atoms with van der Waals surface area (Å²) in [6.45, 7) is 13.7. The van der Waals surface area contributed by atoms with Gasteiger partial charge in [-0.2, -0.15) is 0 Å². The van der Waals surface area contributed by atoms with Gasteiger partial charge in [0, 0.05) is 25.0 Å². The lowest BCUT2D eigenvalue weighted by Crippen LogP contribution is -2.36. The Morgan fingerprint density at radius 2 is 1.76 bits per heavy atom. The predicted octanol–water partition coefficient (Wildman–Crippen LogP) is 3.96. The molecule has 162 valence electrons. The third-order valence-electron chi connectivity index (χ3n) is 4.66. The van der Waals surface area contributed by atoms with E-state index in [0.29, 0.717) is 19.7 Å². The van der Waals surface area contributed by atoms with E-state index in [1.165, 1.54) is 10.4 Å². The van der Waals surface area contributed by atoms with Crippen LogP contribution in [0, 0.1) is 13.8 Å². The smallest absolute Gasteiger partial charge is 0.191 e. The van der Waals surface area contributed by atoms with Crippen LogP contribution in [0.15, 0.2) is 29.3 Å². The Kier molecular flexibility index (Phi) is 12.2. The van der Waals surface area contributed by atoms with Gasteiger partial charge in [0.05, 0.1) is 12.2 Å². The summed E-state index contributed by atoms with van der Waals surface area (Å²) < 4.78 is 5.84. The summed E-state index contributed by atoms with van der Waals surface area (Å²) in [4.78, 5) is 12.4. The van der Waals surface area contributed by atoms with Crippen molar-refractivity contribution in [1.82, 2.24) is 20.5 Å². The van der Waals surface area contributed by atoms with Gasteiger partial charge in [-0.1, -0.05) is 26.0 Å². The van der Waals surface area contributed by atoms with Crippen molar-refractivity contribution in [3.8, 4) is 5.75 Å². The molecular weight excluding hydrogens is 497 g/mol. The summed E-state index contributed by atoms with van der Waals surface area (Å²) in [5.74, 6) is 1.68. The number of guanidine groups is 1. The lowest BCUT2D eigenvalue weighted by molar-refractivity contribution is 0.223. The molecule has 0 aliphatic heterocycles. The Balaban J connectivity index is 0.00000420. The van der Waals surface area contributed by atoms with Gasteiger partial charge in [-0.3, -0.25) is 4.99 Å². The van der Waals surface area contributed by atoms with Crippen LogP contribution in [0.1, 0.15) is 35.0 Å². The first-order chi connectivity index (χ1) is 13.5. The van der Waals surface area contributed by atoms with E-state index in [9.17, 15) is 0 Å². The Bertz CT molecular complexity index is 725. The molecule has 0 amide bonds. The highest BCUT2D eigenvalue weighted by Crippen LogP contribution is 2.16. The van der Waals surface area contributed by atoms with Gasteiger partial charge in [0.25, 0.3) is 0 Å². The van der Waals surface area contributed by atoms with E-state index in [-0.39, 0.29) is 24.0 Å². The van der Waals surface area contributed by atoms with E-state index in [1.54, 1.807) is 18.4 Å². The third-order valence-corrected chi connectivity index (χ3v) is 5.73. The summed E-state index contributed by atoms with van der Waals surface area (Å²) in [7, 11) is 1.78. The van der Waals surface area contributed by atoms with Crippen LogP contribution >= 0.6 is 35.3 Å². The summed E-state index contributed by atoms with van der Waals surface area (Å²) >= 11 is 1.72. The highest BCUT2D eigenvalue weighted by atomic mass is 127. The standard InChI is InChI=1S/C21H33N5OS.HI/c1-6-26(7-2)12-13-27-19-10-8-18(9-11-19)14-23-21(22-5)24-15-20-25-16(3)17(4)28-20;/h8-11H,6-7,12-15H2,1-5H3,(H2,22,23,24);1H. The molecule has 29 heavy (non-hydrogen) atoms. The predicted molar refractivity (Wildman–Crippen MR) is 134 cm³/mol. The number of halogens is 1. The number of nitrogens with one attached hydrogen (secondary N) is 2. The Hall–Kier alpha value is -1.39. The molecule has 0 atom stereocenters. The summed E-state index contributed by atoms with van der Waals surface area (Å²) in [5, 5.41) is 7.73. The third kappa shape index (κ3) is 8.88. The minimum atomic E-state index is 0. The van der Waals surface area contributed by atoms with Crippen LogP contribution in [0.3, 0.4) is 0 Å². The van der Waals surface area contributed by atoms with Crippen molar-refractivity contribution >= 4 is 41.3 Å². The molecule has 0 saturated heterocycles. The average molecular weight is 532 g/mol. The maximum absolute atomic E-state index is 5.84. The normalized spacial score (nSPS) is 11.3. The Morgan fingerprint density at radius 1 is 1.10 bits per heavy atom. The van der Waals surface area contributed by atoms with Crippen molar-refractivity contribution in [2.24, 2.45) is 4.99 Å². The number of nitrogens with zero attached hydrogens (tertiary/aromatic N) is 3. The lowest BCUT2D eigenvalue weighted by atomic mass is 10.2. The molecule has 0 aliphatic carbocycles. The maximum Gasteiger partial charge on any atom is 0.191 e. The van der Waals surface area contributed by atoms with Crippen LogP contribution in [-0.2, 0) is 13.1 Å². The lowest BCUT2D eigenvalue weighted by Gasteiger charge is -2.18. The van der Waals surface area contributed by atoms with E-state index < -0.39 is 0 Å². The van der Waals surface area contributed by atoms with Crippen LogP contribution < -0.4 is 15.4 Å². The van der Waals surface area contributed by atoms with E-state index in [2.05, 4.69) is 58.4 Å². The van der Waals surface area contributed by atoms with Gasteiger partial charge in [0.1, 0.15) is 17.4 Å². The molecule has 0 saturated carbocycles. The number of thiazole rings is 1. The molecule has 6 nitrogen and oxygen atoms in total. The van der Waals surface area contributed by atoms with Gasteiger partial charge in [-0.25, -0.2) is 4.98 Å². The molecule has 0 unspecified atom stereocenters. The number of aryl methyl sites for hydroxylation is 2. The van der Waals surface area contributed by atoms with E-state index in [4.69, 9.17) is 4.74 Å². The quantitative estimate of drug-likeness (QED) is 0.276. The minimum absolute atomic E-state index is 0. The number of hydrogen-bond donors (Lipinski definition) is 2. The van der Waals surface area contributed by atoms with Crippen molar-refractivity contribution in [3.63, 3.8) is 0 Å². The van der Waals surface area contributed by atoms with Gasteiger partial charge < -0.3 is 20.3 Å². The summed E-state index contributed by atoms with van der Waals surface area (Å²) in [6, 6.07) is 8.22. The fourth-order valence-corrected chi connectivity index (χ4v) is 3.59. The van der Waals surface area contributed by atoms with Gasteiger partial charge in [0.2, 0.25) is 0 Å². The molecule has 0 radical (unpaired) electrons. The second-order valence-electron chi connectivity index (χ2n) is 6.55. The number of ether oxygens (including phenoxy) is 1. The molecule has 0 spiro atoms. The SMILES string of the molecule is CCN(CC)CCOc1ccc(CNC(=NC)NCc2nc(C)c(C)s2)cc1.I. The van der Waals surface area contributed by atoms with Crippen LogP contribution in [0.5, 0.6) is 5.75 Å². The highest BCUT2D eigenvalue weighted by Gasteiger charge is 2.05. The first kappa shape index (κ1) is 25.6. The molecule has 2 rings (SSSR count). The molecule has 1 aromatic heterocycles. The fraction of sp³-hybridized carbons (Fsp3) is 0.524. The number of rotatable bonds is 10. The van der Waals surface area contributed by atoms with Crippen molar-refractivity contribution < 1.29 is 4.74 Å². The molecule has 8 heteroatoms. The second kappa shape index (κ2) is 13.8. The zero-order valence-electron chi connectivity index (χ0n) is 18.1. The van der Waals surface area contributed by atoms with Gasteiger partial charge in [-0.15, -0.1) is 35.3 Å². The van der Waals surface area contributed by atoms with Crippen molar-refractivity contribution in [1.29, 1.82) is 0 Å². The first-order valence-electron chi connectivity index (χ1n) is 9.87. The number of hydrogen-bond acceptors (Lipinski definition) is 5. The molecule has 1 aromatic carbocycles. The zero-order chi connectivity index (χ0) is 20.4. The minimum Gasteiger partial charge on any atom is -0.492 e. The number of aliphatic imine (C=N–C) groups is 1. The molecule has 2 aromatic rings. The maximum atomic E-state index is 5.84. The molecule has 0 bridgehead atoms. The van der Waals surface area contributed by atoms with Crippen LogP contribution in [0.4, 0.5) is 0 Å². The van der Waals surface area contributed by atoms with Gasteiger partial charge in [-0.05, 0) is 44.6 Å². The first-order valence-corrected chi connectivity index (χ1v) is 10.7. The number of aromatic nitrogens is 1. The number of likely N-dealkylation sites (N-methyl/N-ethyl adjacent to an activating group) is 1. The summed E-state index contributed by atoms with van der Waals surface area (Å²) in [5.41, 5.74) is 2.28.